The predicted molar refractivity (Wildman–Crippen MR) is 90.4 cm³/mol. The molecule has 2 aromatic rings. The maximum absolute atomic E-state index is 12.3. The molecule has 0 spiro atoms. The van der Waals surface area contributed by atoms with Crippen molar-refractivity contribution >= 4 is 16.8 Å². The minimum absolute atomic E-state index is 0.0337. The topological polar surface area (TPSA) is 48.1 Å². The summed E-state index contributed by atoms with van der Waals surface area (Å²) in [4.78, 5) is 17.9. The van der Waals surface area contributed by atoms with E-state index < -0.39 is 0 Å². The van der Waals surface area contributed by atoms with Gasteiger partial charge in [0.2, 0.25) is 0 Å². The zero-order valence-electron chi connectivity index (χ0n) is 13.5. The molecule has 1 amide bonds. The first kappa shape index (κ1) is 15.1. The third-order valence-electron chi connectivity index (χ3n) is 4.43. The van der Waals surface area contributed by atoms with E-state index in [1.807, 2.05) is 26.2 Å². The zero-order valence-corrected chi connectivity index (χ0v) is 13.5. The molecule has 4 nitrogen and oxygen atoms in total. The Morgan fingerprint density at radius 3 is 2.91 bits per heavy atom. The molecule has 118 valence electrons. The van der Waals surface area contributed by atoms with Crippen molar-refractivity contribution in [2.24, 2.45) is 0 Å². The van der Waals surface area contributed by atoms with Crippen LogP contribution in [0.2, 0.25) is 0 Å². The fraction of sp³-hybridized carbons (Fsp3) is 0.500. The number of benzene rings is 1. The average Bonchev–Trinajstić information content (AvgIpc) is 2.89. The van der Waals surface area contributed by atoms with Gasteiger partial charge in [-0.1, -0.05) is 0 Å². The van der Waals surface area contributed by atoms with Crippen LogP contribution in [0.5, 0.6) is 0 Å². The van der Waals surface area contributed by atoms with Crippen LogP contribution < -0.4 is 5.32 Å². The molecule has 0 saturated carbocycles. The van der Waals surface area contributed by atoms with E-state index >= 15 is 0 Å². The second-order valence-corrected chi connectivity index (χ2v) is 6.46. The lowest BCUT2D eigenvalue weighted by molar-refractivity contribution is 0.0952. The lowest BCUT2D eigenvalue weighted by atomic mass is 9.95. The third-order valence-corrected chi connectivity index (χ3v) is 4.43. The molecule has 0 saturated heterocycles. The molecule has 1 aliphatic rings. The van der Waals surface area contributed by atoms with Gasteiger partial charge >= 0.3 is 0 Å². The van der Waals surface area contributed by atoms with Crippen molar-refractivity contribution in [3.8, 4) is 0 Å². The van der Waals surface area contributed by atoms with E-state index in [0.29, 0.717) is 0 Å². The quantitative estimate of drug-likeness (QED) is 0.834. The van der Waals surface area contributed by atoms with Crippen LogP contribution in [-0.4, -0.2) is 43.0 Å². The summed E-state index contributed by atoms with van der Waals surface area (Å²) in [6.45, 7) is 1.71. The SMILES string of the molecule is CN(C)CCCNC(=O)c1ccc2[nH]c3c(c2c1)CCCC3. The van der Waals surface area contributed by atoms with E-state index in [1.165, 1.54) is 29.5 Å². The minimum atomic E-state index is 0.0337. The van der Waals surface area contributed by atoms with Gasteiger partial charge in [0.15, 0.2) is 0 Å². The summed E-state index contributed by atoms with van der Waals surface area (Å²) in [5, 5.41) is 4.25. The van der Waals surface area contributed by atoms with Gasteiger partial charge in [-0.15, -0.1) is 0 Å². The summed E-state index contributed by atoms with van der Waals surface area (Å²) in [5.74, 6) is 0.0337. The highest BCUT2D eigenvalue weighted by Crippen LogP contribution is 2.29. The fourth-order valence-corrected chi connectivity index (χ4v) is 3.25. The van der Waals surface area contributed by atoms with Crippen molar-refractivity contribution in [2.75, 3.05) is 27.2 Å². The van der Waals surface area contributed by atoms with Crippen LogP contribution >= 0.6 is 0 Å². The number of hydrogen-bond acceptors (Lipinski definition) is 2. The van der Waals surface area contributed by atoms with Crippen molar-refractivity contribution < 1.29 is 4.79 Å². The molecular formula is C18H25N3O. The number of carbonyl (C=O) groups is 1. The van der Waals surface area contributed by atoms with Gasteiger partial charge in [0, 0.05) is 28.7 Å². The van der Waals surface area contributed by atoms with Gasteiger partial charge in [-0.05, 0) is 76.5 Å². The van der Waals surface area contributed by atoms with Crippen LogP contribution in [-0.2, 0) is 12.8 Å². The number of aromatic amines is 1. The zero-order chi connectivity index (χ0) is 15.5. The molecular weight excluding hydrogens is 274 g/mol. The number of H-pyrrole nitrogens is 1. The minimum Gasteiger partial charge on any atom is -0.358 e. The largest absolute Gasteiger partial charge is 0.358 e. The van der Waals surface area contributed by atoms with E-state index in [1.54, 1.807) is 0 Å². The molecule has 3 rings (SSSR count). The van der Waals surface area contributed by atoms with E-state index in [9.17, 15) is 4.79 Å². The van der Waals surface area contributed by atoms with E-state index in [4.69, 9.17) is 0 Å². The number of aryl methyl sites for hydroxylation is 2. The Labute approximate surface area is 131 Å². The first-order chi connectivity index (χ1) is 10.6. The molecule has 0 bridgehead atoms. The van der Waals surface area contributed by atoms with E-state index in [0.717, 1.165) is 43.4 Å². The number of amides is 1. The predicted octanol–water partition coefficient (Wildman–Crippen LogP) is 2.73. The fourth-order valence-electron chi connectivity index (χ4n) is 3.25. The van der Waals surface area contributed by atoms with Crippen molar-refractivity contribution in [1.82, 2.24) is 15.2 Å². The van der Waals surface area contributed by atoms with Crippen molar-refractivity contribution in [1.29, 1.82) is 0 Å². The molecule has 0 radical (unpaired) electrons. The second-order valence-electron chi connectivity index (χ2n) is 6.46. The van der Waals surface area contributed by atoms with Crippen LogP contribution in [0, 0.1) is 0 Å². The number of fused-ring (bicyclic) bond motifs is 3. The second kappa shape index (κ2) is 6.53. The van der Waals surface area contributed by atoms with Gasteiger partial charge in [-0.25, -0.2) is 0 Å². The van der Waals surface area contributed by atoms with Crippen LogP contribution in [0.25, 0.3) is 10.9 Å². The number of aromatic nitrogens is 1. The Bertz CT molecular complexity index is 672. The Kier molecular flexibility index (Phi) is 4.48. The molecule has 2 N–H and O–H groups in total. The Morgan fingerprint density at radius 2 is 2.09 bits per heavy atom. The lowest BCUT2D eigenvalue weighted by Gasteiger charge is -2.11. The van der Waals surface area contributed by atoms with Crippen LogP contribution in [0.15, 0.2) is 18.2 Å². The normalized spacial score (nSPS) is 14.3. The monoisotopic (exact) mass is 299 g/mol. The smallest absolute Gasteiger partial charge is 0.251 e. The lowest BCUT2D eigenvalue weighted by Crippen LogP contribution is -2.27. The van der Waals surface area contributed by atoms with E-state index in [2.05, 4.69) is 21.3 Å². The van der Waals surface area contributed by atoms with Crippen molar-refractivity contribution in [3.63, 3.8) is 0 Å². The molecule has 4 heteroatoms. The molecule has 0 fully saturated rings. The molecule has 1 aromatic carbocycles. The standard InChI is InChI=1S/C18H25N3O/c1-21(2)11-5-10-19-18(22)13-8-9-17-15(12-13)14-6-3-4-7-16(14)20-17/h8-9,12,20H,3-7,10-11H2,1-2H3,(H,19,22). The summed E-state index contributed by atoms with van der Waals surface area (Å²) < 4.78 is 0. The first-order valence-electron chi connectivity index (χ1n) is 8.21. The summed E-state index contributed by atoms with van der Waals surface area (Å²) in [5.41, 5.74) is 4.72. The molecule has 0 unspecified atom stereocenters. The summed E-state index contributed by atoms with van der Waals surface area (Å²) in [6, 6.07) is 6.02. The molecule has 1 aromatic heterocycles. The first-order valence-corrected chi connectivity index (χ1v) is 8.21. The van der Waals surface area contributed by atoms with Crippen LogP contribution in [0.1, 0.15) is 40.9 Å². The number of carbonyl (C=O) groups excluding carboxylic acids is 1. The van der Waals surface area contributed by atoms with Gasteiger partial charge in [-0.2, -0.15) is 0 Å². The van der Waals surface area contributed by atoms with Gasteiger partial charge in [0.25, 0.3) is 5.91 Å². The number of nitrogens with one attached hydrogen (secondary N) is 2. The Hall–Kier alpha value is -1.81. The van der Waals surface area contributed by atoms with Crippen LogP contribution in [0.3, 0.4) is 0 Å². The summed E-state index contributed by atoms with van der Waals surface area (Å²) in [7, 11) is 4.09. The molecule has 0 aliphatic heterocycles. The van der Waals surface area contributed by atoms with Crippen LogP contribution in [0.4, 0.5) is 0 Å². The third kappa shape index (κ3) is 3.17. The summed E-state index contributed by atoms with van der Waals surface area (Å²) >= 11 is 0. The maximum Gasteiger partial charge on any atom is 0.251 e. The van der Waals surface area contributed by atoms with E-state index in [-0.39, 0.29) is 5.91 Å². The van der Waals surface area contributed by atoms with Gasteiger partial charge in [0.1, 0.15) is 0 Å². The Balaban J connectivity index is 1.72. The highest BCUT2D eigenvalue weighted by atomic mass is 16.1. The molecule has 22 heavy (non-hydrogen) atoms. The average molecular weight is 299 g/mol. The number of nitrogens with zero attached hydrogens (tertiary/aromatic N) is 1. The van der Waals surface area contributed by atoms with Crippen molar-refractivity contribution in [2.45, 2.75) is 32.1 Å². The molecule has 1 aliphatic carbocycles. The maximum atomic E-state index is 12.3. The van der Waals surface area contributed by atoms with Crippen molar-refractivity contribution in [3.05, 3.63) is 35.0 Å². The number of hydrogen-bond donors (Lipinski definition) is 2. The van der Waals surface area contributed by atoms with Gasteiger partial charge in [0.05, 0.1) is 0 Å². The Morgan fingerprint density at radius 1 is 1.27 bits per heavy atom. The number of rotatable bonds is 5. The molecule has 1 heterocycles. The highest BCUT2D eigenvalue weighted by Gasteiger charge is 2.16. The van der Waals surface area contributed by atoms with Gasteiger partial charge < -0.3 is 15.2 Å². The molecule has 0 atom stereocenters. The summed E-state index contributed by atoms with van der Waals surface area (Å²) in [6.07, 6.45) is 5.75. The highest BCUT2D eigenvalue weighted by molar-refractivity contribution is 5.99. The van der Waals surface area contributed by atoms with Gasteiger partial charge in [-0.3, -0.25) is 4.79 Å².